The van der Waals surface area contributed by atoms with Crippen LogP contribution in [0.4, 0.5) is 0 Å². The molecule has 52 heavy (non-hydrogen) atoms. The van der Waals surface area contributed by atoms with Crippen LogP contribution >= 0.6 is 0 Å². The van der Waals surface area contributed by atoms with Crippen molar-refractivity contribution in [2.24, 2.45) is 0 Å². The number of nitrogens with zero attached hydrogens (tertiary/aromatic N) is 3. The Morgan fingerprint density at radius 2 is 0.923 bits per heavy atom. The van der Waals surface area contributed by atoms with Crippen LogP contribution in [-0.4, -0.2) is 14.5 Å². The van der Waals surface area contributed by atoms with Crippen molar-refractivity contribution < 1.29 is 0 Å². The lowest BCUT2D eigenvalue weighted by Crippen LogP contribution is -2.14. The molecule has 1 aliphatic carbocycles. The molecule has 0 saturated carbocycles. The molecule has 9 aromatic rings. The standard InChI is InChI=1S/C49H35N3/c1-49(2)42-21-13-12-20-38(42)39-25-22-35(30-43(39)49)34-23-26-46-40(28-34)41-29-36(24-27-47(41)52(46)37-18-10-5-11-19-37)45-31-44(32-14-6-3-7-15-32)50-48(51-45)33-16-8-4-9-17-33/h3-31H,1-2H3. The largest absolute Gasteiger partial charge is 0.309 e. The zero-order valence-electron chi connectivity index (χ0n) is 29.1. The summed E-state index contributed by atoms with van der Waals surface area (Å²) in [7, 11) is 0. The molecule has 0 atom stereocenters. The summed E-state index contributed by atoms with van der Waals surface area (Å²) in [4.78, 5) is 10.2. The number of hydrogen-bond acceptors (Lipinski definition) is 2. The fraction of sp³-hybridized carbons (Fsp3) is 0.0612. The minimum atomic E-state index is -0.0565. The van der Waals surface area contributed by atoms with Gasteiger partial charge in [0.1, 0.15) is 0 Å². The van der Waals surface area contributed by atoms with Gasteiger partial charge in [-0.05, 0) is 81.9 Å². The summed E-state index contributed by atoms with van der Waals surface area (Å²) in [6, 6.07) is 63.0. The van der Waals surface area contributed by atoms with Crippen molar-refractivity contribution in [1.29, 1.82) is 0 Å². The van der Waals surface area contributed by atoms with Crippen LogP contribution in [0.3, 0.4) is 0 Å². The van der Waals surface area contributed by atoms with Crippen LogP contribution in [0.25, 0.3) is 83.6 Å². The average Bonchev–Trinajstić information content (AvgIpc) is 3.66. The SMILES string of the molecule is CC1(C)c2ccccc2-c2ccc(-c3ccc4c(c3)c3cc(-c5cc(-c6ccccc6)nc(-c6ccccc6)n5)ccc3n4-c3ccccc3)cc21. The van der Waals surface area contributed by atoms with Crippen LogP contribution < -0.4 is 0 Å². The Kier molecular flexibility index (Phi) is 6.84. The third-order valence-corrected chi connectivity index (χ3v) is 10.8. The Morgan fingerprint density at radius 3 is 1.63 bits per heavy atom. The van der Waals surface area contributed by atoms with Gasteiger partial charge in [0.15, 0.2) is 5.82 Å². The van der Waals surface area contributed by atoms with Crippen LogP contribution in [0.15, 0.2) is 176 Å². The number of aromatic nitrogens is 3. The van der Waals surface area contributed by atoms with Crippen molar-refractivity contribution in [3.05, 3.63) is 187 Å². The van der Waals surface area contributed by atoms with Crippen LogP contribution in [0, 0.1) is 0 Å². The first kappa shape index (κ1) is 30.3. The molecule has 10 rings (SSSR count). The van der Waals surface area contributed by atoms with Crippen molar-refractivity contribution in [3.63, 3.8) is 0 Å². The van der Waals surface area contributed by atoms with E-state index in [9.17, 15) is 0 Å². The molecule has 2 heterocycles. The van der Waals surface area contributed by atoms with Gasteiger partial charge in [-0.3, -0.25) is 0 Å². The fourth-order valence-corrected chi connectivity index (χ4v) is 8.17. The van der Waals surface area contributed by atoms with Crippen LogP contribution in [-0.2, 0) is 5.41 Å². The lowest BCUT2D eigenvalue weighted by atomic mass is 9.81. The van der Waals surface area contributed by atoms with E-state index in [0.29, 0.717) is 5.82 Å². The Labute approximate surface area is 303 Å². The number of benzene rings is 7. The summed E-state index contributed by atoms with van der Waals surface area (Å²) in [6.07, 6.45) is 0. The second-order valence-electron chi connectivity index (χ2n) is 14.3. The van der Waals surface area contributed by atoms with E-state index in [1.165, 1.54) is 49.7 Å². The Balaban J connectivity index is 1.17. The maximum atomic E-state index is 5.16. The molecule has 7 aromatic carbocycles. The second-order valence-corrected chi connectivity index (χ2v) is 14.3. The monoisotopic (exact) mass is 665 g/mol. The molecule has 0 saturated heterocycles. The quantitative estimate of drug-likeness (QED) is 0.183. The summed E-state index contributed by atoms with van der Waals surface area (Å²) in [5.41, 5.74) is 16.2. The zero-order valence-corrected chi connectivity index (χ0v) is 29.1. The van der Waals surface area contributed by atoms with Gasteiger partial charge in [0.25, 0.3) is 0 Å². The smallest absolute Gasteiger partial charge is 0.160 e. The average molecular weight is 666 g/mol. The van der Waals surface area contributed by atoms with E-state index in [1.807, 2.05) is 24.3 Å². The van der Waals surface area contributed by atoms with Crippen molar-refractivity contribution in [1.82, 2.24) is 14.5 Å². The van der Waals surface area contributed by atoms with Crippen molar-refractivity contribution in [2.75, 3.05) is 0 Å². The molecule has 3 heteroatoms. The highest BCUT2D eigenvalue weighted by Gasteiger charge is 2.35. The van der Waals surface area contributed by atoms with E-state index in [4.69, 9.17) is 9.97 Å². The molecule has 0 radical (unpaired) electrons. The van der Waals surface area contributed by atoms with Crippen molar-refractivity contribution in [3.8, 4) is 61.8 Å². The predicted octanol–water partition coefficient (Wildman–Crippen LogP) is 12.5. The minimum Gasteiger partial charge on any atom is -0.309 e. The zero-order chi connectivity index (χ0) is 34.8. The molecule has 1 aliphatic rings. The number of hydrogen-bond donors (Lipinski definition) is 0. The van der Waals surface area contributed by atoms with E-state index in [-0.39, 0.29) is 5.41 Å². The van der Waals surface area contributed by atoms with Gasteiger partial charge in [-0.1, -0.05) is 141 Å². The first-order chi connectivity index (χ1) is 25.5. The number of fused-ring (bicyclic) bond motifs is 6. The van der Waals surface area contributed by atoms with Gasteiger partial charge in [-0.2, -0.15) is 0 Å². The summed E-state index contributed by atoms with van der Waals surface area (Å²) in [5, 5.41) is 2.40. The van der Waals surface area contributed by atoms with E-state index in [1.54, 1.807) is 0 Å². The van der Waals surface area contributed by atoms with Crippen molar-refractivity contribution >= 4 is 21.8 Å². The Bertz CT molecular complexity index is 2740. The van der Waals surface area contributed by atoms with E-state index >= 15 is 0 Å². The Hall–Kier alpha value is -6.58. The highest BCUT2D eigenvalue weighted by atomic mass is 15.0. The third kappa shape index (κ3) is 4.81. The molecule has 0 aliphatic heterocycles. The first-order valence-electron chi connectivity index (χ1n) is 17.9. The summed E-state index contributed by atoms with van der Waals surface area (Å²) >= 11 is 0. The van der Waals surface area contributed by atoms with E-state index < -0.39 is 0 Å². The second kappa shape index (κ2) is 11.8. The fourth-order valence-electron chi connectivity index (χ4n) is 8.17. The maximum absolute atomic E-state index is 5.16. The third-order valence-electron chi connectivity index (χ3n) is 10.8. The van der Waals surface area contributed by atoms with Gasteiger partial charge in [0.05, 0.1) is 22.4 Å². The van der Waals surface area contributed by atoms with Gasteiger partial charge in [-0.15, -0.1) is 0 Å². The molecule has 0 unspecified atom stereocenters. The maximum Gasteiger partial charge on any atom is 0.160 e. The first-order valence-corrected chi connectivity index (χ1v) is 17.9. The molecule has 2 aromatic heterocycles. The van der Waals surface area contributed by atoms with Crippen LogP contribution in [0.2, 0.25) is 0 Å². The molecule has 0 amide bonds. The molecule has 0 N–H and O–H groups in total. The van der Waals surface area contributed by atoms with E-state index in [0.717, 1.165) is 39.3 Å². The van der Waals surface area contributed by atoms with Gasteiger partial charge in [-0.25, -0.2) is 9.97 Å². The topological polar surface area (TPSA) is 30.7 Å². The molecular formula is C49H35N3. The molecule has 0 spiro atoms. The highest BCUT2D eigenvalue weighted by molar-refractivity contribution is 6.11. The Morgan fingerprint density at radius 1 is 0.404 bits per heavy atom. The lowest BCUT2D eigenvalue weighted by molar-refractivity contribution is 0.660. The normalized spacial score (nSPS) is 13.0. The molecular weight excluding hydrogens is 631 g/mol. The number of para-hydroxylation sites is 1. The van der Waals surface area contributed by atoms with Gasteiger partial charge in [0.2, 0.25) is 0 Å². The molecule has 246 valence electrons. The molecule has 0 bridgehead atoms. The summed E-state index contributed by atoms with van der Waals surface area (Å²) in [5.74, 6) is 0.715. The summed E-state index contributed by atoms with van der Waals surface area (Å²) in [6.45, 7) is 4.69. The van der Waals surface area contributed by atoms with Gasteiger partial charge < -0.3 is 4.57 Å². The predicted molar refractivity (Wildman–Crippen MR) is 216 cm³/mol. The molecule has 3 nitrogen and oxygen atoms in total. The van der Waals surface area contributed by atoms with Gasteiger partial charge >= 0.3 is 0 Å². The van der Waals surface area contributed by atoms with E-state index in [2.05, 4.69) is 170 Å². The summed E-state index contributed by atoms with van der Waals surface area (Å²) < 4.78 is 2.38. The lowest BCUT2D eigenvalue weighted by Gasteiger charge is -2.22. The van der Waals surface area contributed by atoms with Crippen LogP contribution in [0.5, 0.6) is 0 Å². The number of rotatable bonds is 5. The van der Waals surface area contributed by atoms with Crippen molar-refractivity contribution in [2.45, 2.75) is 19.3 Å². The highest BCUT2D eigenvalue weighted by Crippen LogP contribution is 2.49. The van der Waals surface area contributed by atoms with Gasteiger partial charge in [0, 0.05) is 38.6 Å². The molecule has 0 fully saturated rings. The van der Waals surface area contributed by atoms with Crippen LogP contribution in [0.1, 0.15) is 25.0 Å². The minimum absolute atomic E-state index is 0.0565.